The quantitative estimate of drug-likeness (QED) is 0.149. The van der Waals surface area contributed by atoms with E-state index in [0.717, 1.165) is 153 Å². The molecule has 6 heterocycles. The predicted molar refractivity (Wildman–Crippen MR) is 574 cm³/mol. The third-order valence-corrected chi connectivity index (χ3v) is 38.3. The second kappa shape index (κ2) is 26.9. The molecule has 20 aromatic carbocycles. The second-order valence-electron chi connectivity index (χ2n) is 41.6. The van der Waals surface area contributed by atoms with E-state index in [4.69, 9.17) is 0 Å². The molecule has 30 rings (SSSR count). The molecule has 652 valence electrons. The molecule has 0 amide bonds. The van der Waals surface area contributed by atoms with Crippen LogP contribution in [0.4, 0.5) is 0 Å². The molecule has 5 nitrogen and oxygen atoms in total. The lowest BCUT2D eigenvalue weighted by molar-refractivity contribution is 0.658. The van der Waals surface area contributed by atoms with Crippen molar-refractivity contribution >= 4 is 96.3 Å². The largest absolute Gasteiger partial charge is 0.309 e. The minimum absolute atomic E-state index is 0.232. The Morgan fingerprint density at radius 1 is 0.159 bits per heavy atom. The Hall–Kier alpha value is -16.3. The first-order valence-electron chi connectivity index (χ1n) is 48.7. The van der Waals surface area contributed by atoms with E-state index in [2.05, 4.69) is 486 Å². The Labute approximate surface area is 800 Å². The number of hydrogen-bond acceptors (Lipinski definition) is 1. The summed E-state index contributed by atoms with van der Waals surface area (Å²) in [6, 6.07) is 156. The molecule has 6 aliphatic rings. The fourth-order valence-electron chi connectivity index (χ4n) is 27.0. The normalized spacial score (nSPS) is 15.7. The Morgan fingerprint density at radius 2 is 0.355 bits per heavy atom. The molecule has 0 atom stereocenters. The number of aromatic nitrogens is 4. The van der Waals surface area contributed by atoms with E-state index in [9.17, 15) is 0 Å². The molecule has 24 aromatic rings. The Bertz CT molecular complexity index is 8700. The molecular weight excluding hydrogens is 1690 g/mol. The van der Waals surface area contributed by atoms with Gasteiger partial charge in [-0.3, -0.25) is 4.21 Å². The van der Waals surface area contributed by atoms with Crippen molar-refractivity contribution < 1.29 is 4.21 Å². The first kappa shape index (κ1) is 78.1. The van der Waals surface area contributed by atoms with Crippen LogP contribution in [0, 0.1) is 0 Å². The molecule has 0 saturated carbocycles. The summed E-state index contributed by atoms with van der Waals surface area (Å²) in [6.45, 7) is 19.1. The van der Waals surface area contributed by atoms with Crippen LogP contribution < -0.4 is 0 Å². The van der Waals surface area contributed by atoms with Gasteiger partial charge in [0.2, 0.25) is 0 Å². The number of nitrogens with zero attached hydrogens (tertiary/aromatic N) is 4. The van der Waals surface area contributed by atoms with Crippen molar-refractivity contribution in [1.29, 1.82) is 0 Å². The number of benzene rings is 20. The molecule has 0 bridgehead atoms. The second-order valence-corrected chi connectivity index (χ2v) is 45.3. The fraction of sp³-hybridized carbons (Fsp3) is 0.0909. The van der Waals surface area contributed by atoms with Crippen molar-refractivity contribution in [1.82, 2.24) is 18.3 Å². The van der Waals surface area contributed by atoms with Crippen LogP contribution in [0.25, 0.3) is 221 Å². The van der Waals surface area contributed by atoms with E-state index >= 15 is 4.21 Å². The van der Waals surface area contributed by atoms with Crippen LogP contribution in [0.15, 0.2) is 432 Å². The van der Waals surface area contributed by atoms with Crippen molar-refractivity contribution in [3.8, 4) is 134 Å². The lowest BCUT2D eigenvalue weighted by atomic mass is 9.82. The molecule has 4 aliphatic carbocycles. The van der Waals surface area contributed by atoms with E-state index in [1.165, 1.54) is 132 Å². The van der Waals surface area contributed by atoms with Gasteiger partial charge < -0.3 is 18.3 Å². The van der Waals surface area contributed by atoms with Gasteiger partial charge in [0.25, 0.3) is 0 Å². The average molecular weight is 1780 g/mol. The highest BCUT2D eigenvalue weighted by molar-refractivity contribution is 8.21. The van der Waals surface area contributed by atoms with Crippen LogP contribution in [0.2, 0.25) is 0 Å². The predicted octanol–water partition coefficient (Wildman–Crippen LogP) is 34.3. The van der Waals surface area contributed by atoms with Gasteiger partial charge in [-0.25, -0.2) is 0 Å². The van der Waals surface area contributed by atoms with Gasteiger partial charge >= 0.3 is 0 Å². The maximum atomic E-state index is 20.5. The lowest BCUT2D eigenvalue weighted by Gasteiger charge is -2.39. The Morgan fingerprint density at radius 3 is 0.587 bits per heavy atom. The molecule has 1 spiro atoms. The Balaban J connectivity index is 0.673. The number of rotatable bonds is 8. The summed E-state index contributed by atoms with van der Waals surface area (Å²) in [6.07, 6.45) is 0. The van der Waals surface area contributed by atoms with Crippen molar-refractivity contribution in [2.24, 2.45) is 0 Å². The topological polar surface area (TPSA) is 36.8 Å². The van der Waals surface area contributed by atoms with Gasteiger partial charge in [-0.05, 0) is 279 Å². The van der Waals surface area contributed by atoms with Gasteiger partial charge in [-0.15, -0.1) is 0 Å². The summed E-state index contributed by atoms with van der Waals surface area (Å²) < 4.78 is 30.6. The van der Waals surface area contributed by atoms with Gasteiger partial charge in [0.15, 0.2) is 0 Å². The number of fused-ring (bicyclic) bond motifs is 34. The van der Waals surface area contributed by atoms with Crippen LogP contribution in [0.1, 0.15) is 99.9 Å². The first-order valence-corrected chi connectivity index (χ1v) is 50.6. The highest BCUT2D eigenvalue weighted by Gasteiger charge is 2.58. The first-order chi connectivity index (χ1) is 67.3. The minimum atomic E-state index is -4.81. The molecule has 138 heavy (non-hydrogen) atoms. The maximum Gasteiger partial charge on any atom is 0.0544 e. The molecule has 0 radical (unpaired) electrons. The number of hydrogen-bond donors (Lipinski definition) is 0. The van der Waals surface area contributed by atoms with Crippen LogP contribution >= 0.6 is 0 Å². The molecule has 0 unspecified atom stereocenters. The van der Waals surface area contributed by atoms with E-state index < -0.39 is 9.07 Å². The maximum absolute atomic E-state index is 20.5. The van der Waals surface area contributed by atoms with Crippen molar-refractivity contribution in [3.05, 3.63) is 457 Å². The summed E-state index contributed by atoms with van der Waals surface area (Å²) >= 11 is 0. The van der Waals surface area contributed by atoms with Gasteiger partial charge in [0.1, 0.15) is 0 Å². The third-order valence-electron chi connectivity index (χ3n) is 33.5. The van der Waals surface area contributed by atoms with E-state index in [1.54, 1.807) is 0 Å². The van der Waals surface area contributed by atoms with Crippen molar-refractivity contribution in [2.45, 2.75) is 96.6 Å². The van der Waals surface area contributed by atoms with Crippen LogP contribution in [-0.4, -0.2) is 22.5 Å². The summed E-state index contributed by atoms with van der Waals surface area (Å²) in [5.74, 6) is 0. The lowest BCUT2D eigenvalue weighted by Crippen LogP contribution is -2.30. The smallest absolute Gasteiger partial charge is 0.0544 e. The third kappa shape index (κ3) is 9.77. The summed E-state index contributed by atoms with van der Waals surface area (Å²) in [7, 11) is -4.81. The van der Waals surface area contributed by atoms with Gasteiger partial charge in [0.05, 0.1) is 66.9 Å². The van der Waals surface area contributed by atoms with Crippen molar-refractivity contribution in [3.63, 3.8) is 0 Å². The van der Waals surface area contributed by atoms with Crippen LogP contribution in [0.3, 0.4) is 0 Å². The van der Waals surface area contributed by atoms with Gasteiger partial charge in [-0.1, -0.05) is 322 Å². The van der Waals surface area contributed by atoms with Crippen LogP contribution in [-0.2, 0) is 30.7 Å². The SMILES string of the molecule is CC1(C)c2ccccc2-c2cc3c4ccccc4n(-c4ccccc4-c4ccc5c(c4)-c4cc(-c6ccccc6-n6c7ccccc7c7cc8c(cc76)C(C)(C)c6ccccc6-8)ccc4S54(=O)c5ccc(-c6ccccc6-n6c7ccccc7c7cc8c(cc76)C(C)(C)c6ccccc6-8)cc5-c5cc(-c6ccccc6-n6c7ccccc7c7cc8c(cc76)C(C)(C)c6ccccc6-8)ccc54)c3cc21. The Kier molecular flexibility index (Phi) is 15.2. The highest BCUT2D eigenvalue weighted by atomic mass is 32.3. The molecule has 6 heteroatoms. The van der Waals surface area contributed by atoms with Crippen molar-refractivity contribution in [2.75, 3.05) is 0 Å². The molecule has 0 N–H and O–H groups in total. The van der Waals surface area contributed by atoms with E-state index in [1.807, 2.05) is 0 Å². The fourth-order valence-corrected chi connectivity index (χ4v) is 32.1. The molecule has 4 aromatic heterocycles. The minimum Gasteiger partial charge on any atom is -0.309 e. The molecule has 2 aliphatic heterocycles. The zero-order valence-corrected chi connectivity index (χ0v) is 78.7. The van der Waals surface area contributed by atoms with Gasteiger partial charge in [0, 0.05) is 116 Å². The molecule has 0 saturated heterocycles. The highest BCUT2D eigenvalue weighted by Crippen LogP contribution is 2.73. The van der Waals surface area contributed by atoms with Gasteiger partial charge in [-0.2, -0.15) is 0 Å². The monoisotopic (exact) mass is 1780 g/mol. The standard InChI is InChI=1S/C132H92N4OS/c1-129(2)105-45-21-9-37-85(105)93-69-97-89-41-17-29-53-117(89)133(121(97)73-109(93)129)113-49-25-13-33-81(113)77-57-61-125-101(65-77)102-66-78(82-34-14-26-50-114(82)134-118-54-30-18-42-90(118)98-70-94-86-38-10-22-46-106(86)130(3,4)110(94)74-122(98)134)58-62-126(102)138(125,137)127-63-59-79(83-35-15-27-51-115(83)135-119-55-31-19-43-91(119)99-71-95-87-39-11-23-47-107(87)131(5,6)111(95)75-123(99)135)67-103(127)104-68-80(60-64-128(104)138)84-36-16-28-52-116(84)136-120-56-32-20-44-92(120)100-72-96-88-40-12-24-48-108(88)132(7,8)112(96)76-124(100)136/h9-76H,1-8H3. The van der Waals surface area contributed by atoms with E-state index in [0.29, 0.717) is 0 Å². The molecule has 0 fully saturated rings. The summed E-state index contributed by atoms with van der Waals surface area (Å²) in [4.78, 5) is 3.20. The zero-order chi connectivity index (χ0) is 91.9. The van der Waals surface area contributed by atoms with Crippen LogP contribution in [0.5, 0.6) is 0 Å². The van der Waals surface area contributed by atoms with E-state index in [-0.39, 0.29) is 21.7 Å². The number of para-hydroxylation sites is 8. The molecular formula is C132H92N4OS. The average Bonchev–Trinajstić information content (AvgIpc) is 1.46. The summed E-state index contributed by atoms with van der Waals surface area (Å²) in [5.41, 5.74) is 45.8. The zero-order valence-electron chi connectivity index (χ0n) is 77.9. The summed E-state index contributed by atoms with van der Waals surface area (Å²) in [5, 5.41) is 9.68.